The Morgan fingerprint density at radius 3 is 2.87 bits per heavy atom. The monoisotopic (exact) mass is 329 g/mol. The van der Waals surface area contributed by atoms with Crippen LogP contribution in [-0.2, 0) is 6.54 Å². The quantitative estimate of drug-likeness (QED) is 0.829. The van der Waals surface area contributed by atoms with Crippen molar-refractivity contribution in [1.82, 2.24) is 0 Å². The molecule has 3 heteroatoms. The number of hydrogen-bond acceptors (Lipinski definition) is 2. The van der Waals surface area contributed by atoms with E-state index in [1.165, 1.54) is 20.4 Å². The molecule has 0 radical (unpaired) electrons. The summed E-state index contributed by atoms with van der Waals surface area (Å²) in [4.78, 5) is 0. The van der Waals surface area contributed by atoms with Crippen LogP contribution in [0, 0.1) is 10.5 Å². The van der Waals surface area contributed by atoms with Crippen molar-refractivity contribution in [3.8, 4) is 0 Å². The van der Waals surface area contributed by atoms with E-state index in [1.54, 1.807) is 11.3 Å². The zero-order valence-corrected chi connectivity index (χ0v) is 11.4. The third-order valence-electron chi connectivity index (χ3n) is 2.25. The maximum absolute atomic E-state index is 3.45. The van der Waals surface area contributed by atoms with Crippen LogP contribution in [0.1, 0.15) is 11.1 Å². The molecule has 0 unspecified atom stereocenters. The van der Waals surface area contributed by atoms with Crippen LogP contribution in [0.3, 0.4) is 0 Å². The number of hydrogen-bond donors (Lipinski definition) is 1. The molecular formula is C12H12INS. The van der Waals surface area contributed by atoms with Crippen LogP contribution < -0.4 is 5.32 Å². The molecule has 0 saturated heterocycles. The molecule has 1 heterocycles. The number of rotatable bonds is 3. The molecular weight excluding hydrogens is 317 g/mol. The minimum Gasteiger partial charge on any atom is -0.381 e. The smallest absolute Gasteiger partial charge is 0.0409 e. The van der Waals surface area contributed by atoms with Crippen LogP contribution in [0.25, 0.3) is 0 Å². The maximum atomic E-state index is 3.45. The molecule has 1 N–H and O–H groups in total. The fraction of sp³-hybridized carbons (Fsp3) is 0.167. The van der Waals surface area contributed by atoms with Gasteiger partial charge in [-0.25, -0.2) is 0 Å². The predicted molar refractivity (Wildman–Crippen MR) is 75.5 cm³/mol. The van der Waals surface area contributed by atoms with Gasteiger partial charge in [-0.05, 0) is 75.7 Å². The first kappa shape index (κ1) is 11.0. The van der Waals surface area contributed by atoms with Crippen molar-refractivity contribution < 1.29 is 0 Å². The first-order chi connectivity index (χ1) is 7.25. The summed E-state index contributed by atoms with van der Waals surface area (Å²) in [5.74, 6) is 0. The molecule has 0 aliphatic rings. The predicted octanol–water partition coefficient (Wildman–Crippen LogP) is 4.27. The molecule has 0 aliphatic heterocycles. The lowest BCUT2D eigenvalue weighted by Gasteiger charge is -2.08. The summed E-state index contributed by atoms with van der Waals surface area (Å²) in [6, 6.07) is 8.61. The molecule has 1 aromatic heterocycles. The lowest BCUT2D eigenvalue weighted by Crippen LogP contribution is -1.99. The van der Waals surface area contributed by atoms with Crippen molar-refractivity contribution in [2.75, 3.05) is 5.32 Å². The average molecular weight is 329 g/mol. The van der Waals surface area contributed by atoms with Gasteiger partial charge in [-0.1, -0.05) is 0 Å². The molecule has 0 fully saturated rings. The Morgan fingerprint density at radius 1 is 1.33 bits per heavy atom. The van der Waals surface area contributed by atoms with Gasteiger partial charge in [-0.2, -0.15) is 11.3 Å². The van der Waals surface area contributed by atoms with E-state index < -0.39 is 0 Å². The van der Waals surface area contributed by atoms with Gasteiger partial charge in [0.15, 0.2) is 0 Å². The topological polar surface area (TPSA) is 12.0 Å². The fourth-order valence-corrected chi connectivity index (χ4v) is 2.73. The molecule has 0 saturated carbocycles. The van der Waals surface area contributed by atoms with Gasteiger partial charge in [-0.15, -0.1) is 0 Å². The van der Waals surface area contributed by atoms with Crippen LogP contribution in [0.15, 0.2) is 35.0 Å². The van der Waals surface area contributed by atoms with Crippen LogP contribution in [-0.4, -0.2) is 0 Å². The largest absolute Gasteiger partial charge is 0.381 e. The standard InChI is InChI=1S/C12H12INS/c1-9-6-11(13)2-3-12(9)14-7-10-4-5-15-8-10/h2-6,8,14H,7H2,1H3. The lowest BCUT2D eigenvalue weighted by molar-refractivity contribution is 1.15. The van der Waals surface area contributed by atoms with Gasteiger partial charge in [0, 0.05) is 15.8 Å². The third-order valence-corrected chi connectivity index (χ3v) is 3.65. The molecule has 1 aromatic carbocycles. The molecule has 0 bridgehead atoms. The van der Waals surface area contributed by atoms with E-state index in [9.17, 15) is 0 Å². The highest BCUT2D eigenvalue weighted by Crippen LogP contribution is 2.18. The second-order valence-corrected chi connectivity index (χ2v) is 5.47. The van der Waals surface area contributed by atoms with Gasteiger partial charge >= 0.3 is 0 Å². The Balaban J connectivity index is 2.05. The van der Waals surface area contributed by atoms with Crippen LogP contribution in [0.4, 0.5) is 5.69 Å². The first-order valence-corrected chi connectivity index (χ1v) is 6.79. The number of aryl methyl sites for hydroxylation is 1. The van der Waals surface area contributed by atoms with Crippen molar-refractivity contribution in [3.63, 3.8) is 0 Å². The minimum atomic E-state index is 0.908. The minimum absolute atomic E-state index is 0.908. The van der Waals surface area contributed by atoms with Gasteiger partial charge in [0.1, 0.15) is 0 Å². The maximum Gasteiger partial charge on any atom is 0.0409 e. The molecule has 0 aliphatic carbocycles. The van der Waals surface area contributed by atoms with E-state index in [4.69, 9.17) is 0 Å². The second-order valence-electron chi connectivity index (χ2n) is 3.44. The number of thiophene rings is 1. The third kappa shape index (κ3) is 2.95. The molecule has 0 spiro atoms. The number of nitrogens with one attached hydrogen (secondary N) is 1. The van der Waals surface area contributed by atoms with E-state index in [1.807, 2.05) is 0 Å². The van der Waals surface area contributed by atoms with Gasteiger partial charge in [0.25, 0.3) is 0 Å². The summed E-state index contributed by atoms with van der Waals surface area (Å²) in [5, 5.41) is 7.73. The molecule has 78 valence electrons. The van der Waals surface area contributed by atoms with Crippen LogP contribution in [0.5, 0.6) is 0 Å². The Kier molecular flexibility index (Phi) is 3.64. The Bertz CT molecular complexity index is 437. The Labute approximate surface area is 108 Å². The van der Waals surface area contributed by atoms with Gasteiger partial charge in [-0.3, -0.25) is 0 Å². The van der Waals surface area contributed by atoms with Crippen molar-refractivity contribution in [2.24, 2.45) is 0 Å². The van der Waals surface area contributed by atoms with E-state index in [2.05, 4.69) is 69.9 Å². The number of benzene rings is 1. The summed E-state index contributed by atoms with van der Waals surface area (Å²) in [5.41, 5.74) is 3.87. The molecule has 0 amide bonds. The highest BCUT2D eigenvalue weighted by atomic mass is 127. The van der Waals surface area contributed by atoms with Gasteiger partial charge < -0.3 is 5.32 Å². The molecule has 1 nitrogen and oxygen atoms in total. The van der Waals surface area contributed by atoms with E-state index >= 15 is 0 Å². The van der Waals surface area contributed by atoms with Gasteiger partial charge in [0.2, 0.25) is 0 Å². The molecule has 2 rings (SSSR count). The summed E-state index contributed by atoms with van der Waals surface area (Å²) in [6.45, 7) is 3.04. The van der Waals surface area contributed by atoms with E-state index in [0.29, 0.717) is 0 Å². The zero-order chi connectivity index (χ0) is 10.7. The first-order valence-electron chi connectivity index (χ1n) is 4.77. The molecule has 15 heavy (non-hydrogen) atoms. The van der Waals surface area contributed by atoms with Crippen molar-refractivity contribution in [1.29, 1.82) is 0 Å². The lowest BCUT2D eigenvalue weighted by atomic mass is 10.2. The fourth-order valence-electron chi connectivity index (χ4n) is 1.42. The van der Waals surface area contributed by atoms with Gasteiger partial charge in [0.05, 0.1) is 0 Å². The second kappa shape index (κ2) is 4.99. The average Bonchev–Trinajstić information content (AvgIpc) is 2.69. The Hall–Kier alpha value is -0.550. The van der Waals surface area contributed by atoms with Crippen LogP contribution >= 0.6 is 33.9 Å². The summed E-state index contributed by atoms with van der Waals surface area (Å²) in [6.07, 6.45) is 0. The number of halogens is 1. The summed E-state index contributed by atoms with van der Waals surface area (Å²) < 4.78 is 1.28. The highest BCUT2D eigenvalue weighted by Gasteiger charge is 1.98. The Morgan fingerprint density at radius 2 is 2.20 bits per heavy atom. The van der Waals surface area contributed by atoms with Crippen molar-refractivity contribution >= 4 is 39.6 Å². The normalized spacial score (nSPS) is 10.3. The van der Waals surface area contributed by atoms with E-state index in [-0.39, 0.29) is 0 Å². The van der Waals surface area contributed by atoms with Crippen LogP contribution in [0.2, 0.25) is 0 Å². The SMILES string of the molecule is Cc1cc(I)ccc1NCc1ccsc1. The highest BCUT2D eigenvalue weighted by molar-refractivity contribution is 14.1. The molecule has 2 aromatic rings. The summed E-state index contributed by atoms with van der Waals surface area (Å²) >= 11 is 4.08. The van der Waals surface area contributed by atoms with Crippen molar-refractivity contribution in [2.45, 2.75) is 13.5 Å². The van der Waals surface area contributed by atoms with Crippen molar-refractivity contribution in [3.05, 3.63) is 49.7 Å². The number of anilines is 1. The molecule has 0 atom stereocenters. The zero-order valence-electron chi connectivity index (χ0n) is 8.46. The summed E-state index contributed by atoms with van der Waals surface area (Å²) in [7, 11) is 0. The van der Waals surface area contributed by atoms with E-state index in [0.717, 1.165) is 6.54 Å².